The summed E-state index contributed by atoms with van der Waals surface area (Å²) in [6.45, 7) is 5.38. The van der Waals surface area contributed by atoms with Gasteiger partial charge in [0.15, 0.2) is 0 Å². The molecule has 0 atom stereocenters. The Labute approximate surface area is 111 Å². The lowest BCUT2D eigenvalue weighted by molar-refractivity contribution is 0.199. The molecule has 0 spiro atoms. The topological polar surface area (TPSA) is 28.2 Å². The van der Waals surface area contributed by atoms with Gasteiger partial charge in [-0.3, -0.25) is 4.98 Å². The summed E-state index contributed by atoms with van der Waals surface area (Å²) in [5, 5.41) is 3.41. The Hall–Kier alpha value is -1.09. The maximum Gasteiger partial charge on any atom is 0.0564 e. The first-order valence-corrected chi connectivity index (χ1v) is 7.15. The van der Waals surface area contributed by atoms with Crippen LogP contribution in [0.25, 0.3) is 0 Å². The summed E-state index contributed by atoms with van der Waals surface area (Å²) < 4.78 is 0. The monoisotopic (exact) mass is 247 g/mol. The van der Waals surface area contributed by atoms with Crippen LogP contribution in [0.1, 0.15) is 38.3 Å². The van der Waals surface area contributed by atoms with Gasteiger partial charge in [-0.15, -0.1) is 0 Å². The van der Waals surface area contributed by atoms with Gasteiger partial charge in [0.25, 0.3) is 0 Å². The van der Waals surface area contributed by atoms with Crippen molar-refractivity contribution in [3.63, 3.8) is 0 Å². The summed E-state index contributed by atoms with van der Waals surface area (Å²) >= 11 is 0. The van der Waals surface area contributed by atoms with Crippen molar-refractivity contribution in [2.75, 3.05) is 25.5 Å². The van der Waals surface area contributed by atoms with Crippen LogP contribution in [0, 0.1) is 5.92 Å². The fourth-order valence-corrected chi connectivity index (χ4v) is 2.40. The lowest BCUT2D eigenvalue weighted by Crippen LogP contribution is -2.29. The van der Waals surface area contributed by atoms with Crippen molar-refractivity contribution in [3.8, 4) is 0 Å². The Balaban J connectivity index is 1.83. The average molecular weight is 247 g/mol. The second kappa shape index (κ2) is 6.74. The van der Waals surface area contributed by atoms with Crippen molar-refractivity contribution in [3.05, 3.63) is 24.0 Å². The maximum absolute atomic E-state index is 4.46. The molecule has 1 aromatic rings. The molecule has 1 fully saturated rings. The van der Waals surface area contributed by atoms with Gasteiger partial charge in [-0.25, -0.2) is 0 Å². The summed E-state index contributed by atoms with van der Waals surface area (Å²) in [6.07, 6.45) is 7.31. The van der Waals surface area contributed by atoms with E-state index in [-0.39, 0.29) is 0 Å². The first-order chi connectivity index (χ1) is 8.78. The number of nitrogens with zero attached hydrogens (tertiary/aromatic N) is 2. The Bertz CT molecular complexity index is 361. The molecule has 2 rings (SSSR count). The zero-order valence-corrected chi connectivity index (χ0v) is 11.7. The normalized spacial score (nSPS) is 15.7. The molecule has 100 valence electrons. The minimum Gasteiger partial charge on any atom is -0.385 e. The van der Waals surface area contributed by atoms with Crippen molar-refractivity contribution in [2.24, 2.45) is 5.92 Å². The molecule has 0 saturated heterocycles. The minimum atomic E-state index is 0.927. The molecule has 3 nitrogen and oxygen atoms in total. The lowest BCUT2D eigenvalue weighted by Gasteiger charge is -2.29. The molecule has 1 N–H and O–H groups in total. The summed E-state index contributed by atoms with van der Waals surface area (Å²) in [5.74, 6) is 0.927. The Morgan fingerprint density at radius 2 is 2.28 bits per heavy atom. The van der Waals surface area contributed by atoms with Gasteiger partial charge in [0.1, 0.15) is 0 Å². The van der Waals surface area contributed by atoms with Crippen LogP contribution < -0.4 is 5.32 Å². The van der Waals surface area contributed by atoms with Crippen molar-refractivity contribution in [1.82, 2.24) is 9.88 Å². The number of nitrogens with one attached hydrogen (secondary N) is 1. The third kappa shape index (κ3) is 3.98. The van der Waals surface area contributed by atoms with Crippen molar-refractivity contribution in [1.29, 1.82) is 0 Å². The van der Waals surface area contributed by atoms with Crippen LogP contribution in [0.3, 0.4) is 0 Å². The van der Waals surface area contributed by atoms with Crippen LogP contribution in [-0.2, 0) is 6.54 Å². The molecular weight excluding hydrogens is 222 g/mol. The standard InChI is InChI=1S/C15H25N3/c1-3-8-16-14-7-9-17-15(10-14)12-18(2)11-13-5-4-6-13/h7,9-10,13H,3-6,8,11-12H2,1-2H3,(H,16,17). The second-order valence-electron chi connectivity index (χ2n) is 5.46. The molecule has 0 amide bonds. The predicted molar refractivity (Wildman–Crippen MR) is 76.7 cm³/mol. The van der Waals surface area contributed by atoms with E-state index in [2.05, 4.69) is 35.2 Å². The Kier molecular flexibility index (Phi) is 5.00. The number of hydrogen-bond acceptors (Lipinski definition) is 3. The van der Waals surface area contributed by atoms with Gasteiger partial charge in [-0.05, 0) is 44.4 Å². The molecule has 3 heteroatoms. The zero-order valence-electron chi connectivity index (χ0n) is 11.7. The van der Waals surface area contributed by atoms with Gasteiger partial charge in [-0.2, -0.15) is 0 Å². The van der Waals surface area contributed by atoms with E-state index in [1.54, 1.807) is 0 Å². The van der Waals surface area contributed by atoms with Crippen molar-refractivity contribution < 1.29 is 0 Å². The van der Waals surface area contributed by atoms with Crippen LogP contribution in [0.5, 0.6) is 0 Å². The Morgan fingerprint density at radius 1 is 1.44 bits per heavy atom. The van der Waals surface area contributed by atoms with E-state index in [4.69, 9.17) is 0 Å². The van der Waals surface area contributed by atoms with Crippen LogP contribution in [0.4, 0.5) is 5.69 Å². The lowest BCUT2D eigenvalue weighted by atomic mass is 9.85. The van der Waals surface area contributed by atoms with Gasteiger partial charge < -0.3 is 10.2 Å². The SMILES string of the molecule is CCCNc1ccnc(CN(C)CC2CCC2)c1. The summed E-state index contributed by atoms with van der Waals surface area (Å²) in [6, 6.07) is 4.22. The highest BCUT2D eigenvalue weighted by Crippen LogP contribution is 2.27. The molecular formula is C15H25N3. The molecule has 1 aliphatic carbocycles. The maximum atomic E-state index is 4.46. The predicted octanol–water partition coefficient (Wildman–Crippen LogP) is 3.14. The quantitative estimate of drug-likeness (QED) is 0.802. The smallest absolute Gasteiger partial charge is 0.0564 e. The summed E-state index contributed by atoms with van der Waals surface area (Å²) in [7, 11) is 2.20. The van der Waals surface area contributed by atoms with Crippen LogP contribution in [-0.4, -0.2) is 30.0 Å². The largest absolute Gasteiger partial charge is 0.385 e. The molecule has 1 heterocycles. The van der Waals surface area contributed by atoms with Crippen molar-refractivity contribution in [2.45, 2.75) is 39.2 Å². The molecule has 0 aromatic carbocycles. The first-order valence-electron chi connectivity index (χ1n) is 7.15. The fraction of sp³-hybridized carbons (Fsp3) is 0.667. The molecule has 0 radical (unpaired) electrons. The van der Waals surface area contributed by atoms with Gasteiger partial charge in [0.2, 0.25) is 0 Å². The van der Waals surface area contributed by atoms with E-state index in [0.717, 1.165) is 31.1 Å². The highest BCUT2D eigenvalue weighted by Gasteiger charge is 2.19. The van der Waals surface area contributed by atoms with Crippen molar-refractivity contribution >= 4 is 5.69 Å². The molecule has 0 unspecified atom stereocenters. The third-order valence-corrected chi connectivity index (χ3v) is 3.62. The average Bonchev–Trinajstić information content (AvgIpc) is 2.32. The highest BCUT2D eigenvalue weighted by molar-refractivity contribution is 5.43. The van der Waals surface area contributed by atoms with E-state index >= 15 is 0 Å². The van der Waals surface area contributed by atoms with E-state index in [0.29, 0.717) is 0 Å². The van der Waals surface area contributed by atoms with E-state index in [1.165, 1.54) is 31.5 Å². The van der Waals surface area contributed by atoms with Crippen LogP contribution in [0.15, 0.2) is 18.3 Å². The second-order valence-corrected chi connectivity index (χ2v) is 5.46. The number of aromatic nitrogens is 1. The fourth-order valence-electron chi connectivity index (χ4n) is 2.40. The van der Waals surface area contributed by atoms with E-state index in [1.807, 2.05) is 12.3 Å². The number of hydrogen-bond donors (Lipinski definition) is 1. The molecule has 1 aromatic heterocycles. The number of rotatable bonds is 7. The van der Waals surface area contributed by atoms with Gasteiger partial charge in [-0.1, -0.05) is 13.3 Å². The van der Waals surface area contributed by atoms with E-state index < -0.39 is 0 Å². The zero-order chi connectivity index (χ0) is 12.8. The summed E-state index contributed by atoms with van der Waals surface area (Å²) in [4.78, 5) is 6.86. The van der Waals surface area contributed by atoms with Crippen LogP contribution >= 0.6 is 0 Å². The van der Waals surface area contributed by atoms with Gasteiger partial charge in [0.05, 0.1) is 5.69 Å². The molecule has 1 saturated carbocycles. The minimum absolute atomic E-state index is 0.927. The Morgan fingerprint density at radius 3 is 2.94 bits per heavy atom. The van der Waals surface area contributed by atoms with E-state index in [9.17, 15) is 0 Å². The highest BCUT2D eigenvalue weighted by atomic mass is 15.1. The molecule has 0 bridgehead atoms. The molecule has 0 aliphatic heterocycles. The number of anilines is 1. The van der Waals surface area contributed by atoms with Crippen LogP contribution in [0.2, 0.25) is 0 Å². The van der Waals surface area contributed by atoms with Gasteiger partial charge >= 0.3 is 0 Å². The summed E-state index contributed by atoms with van der Waals surface area (Å²) in [5.41, 5.74) is 2.36. The molecule has 1 aliphatic rings. The number of pyridine rings is 1. The van der Waals surface area contributed by atoms with Gasteiger partial charge in [0, 0.05) is 31.5 Å². The third-order valence-electron chi connectivity index (χ3n) is 3.62. The molecule has 18 heavy (non-hydrogen) atoms. The first kappa shape index (κ1) is 13.3.